The zero-order chi connectivity index (χ0) is 15.5. The number of ether oxygens (including phenoxy) is 3. The lowest BCUT2D eigenvalue weighted by atomic mass is 9.98. The van der Waals surface area contributed by atoms with E-state index in [1.54, 1.807) is 24.3 Å². The average Bonchev–Trinajstić information content (AvgIpc) is 2.54. The summed E-state index contributed by atoms with van der Waals surface area (Å²) >= 11 is 0. The summed E-state index contributed by atoms with van der Waals surface area (Å²) < 4.78 is 16.0. The van der Waals surface area contributed by atoms with Gasteiger partial charge in [-0.3, -0.25) is 0 Å². The fourth-order valence-electron chi connectivity index (χ4n) is 2.37. The van der Waals surface area contributed by atoms with Crippen molar-refractivity contribution in [1.29, 1.82) is 5.26 Å². The first-order valence-electron chi connectivity index (χ1n) is 6.74. The molecule has 0 radical (unpaired) electrons. The topological polar surface area (TPSA) is 68.5 Å². The molecule has 110 valence electrons. The van der Waals surface area contributed by atoms with E-state index in [9.17, 15) is 10.1 Å². The number of carbonyl (C=O) groups excluding carboxylic acids is 1. The van der Waals surface area contributed by atoms with E-state index in [0.29, 0.717) is 23.5 Å². The molecule has 1 aliphatic heterocycles. The second-order valence-electron chi connectivity index (χ2n) is 4.77. The number of carbonyl (C=O) groups is 1. The summed E-state index contributed by atoms with van der Waals surface area (Å²) in [5.41, 5.74) is 2.12. The van der Waals surface area contributed by atoms with Crippen LogP contribution in [-0.4, -0.2) is 19.4 Å². The number of fused-ring (bicyclic) bond motifs is 2. The number of hydrogen-bond acceptors (Lipinski definition) is 5. The van der Waals surface area contributed by atoms with Gasteiger partial charge in [0.2, 0.25) is 0 Å². The third kappa shape index (κ3) is 2.47. The molecule has 1 heterocycles. The van der Waals surface area contributed by atoms with Crippen molar-refractivity contribution in [2.24, 2.45) is 0 Å². The van der Waals surface area contributed by atoms with Crippen LogP contribution < -0.4 is 9.47 Å². The SMILES string of the molecule is COC(=O)C1Oc2ccccc2Cc2c(C#N)cccc2O1. The van der Waals surface area contributed by atoms with Crippen molar-refractivity contribution in [1.82, 2.24) is 0 Å². The molecule has 2 aromatic carbocycles. The first-order valence-corrected chi connectivity index (χ1v) is 6.74. The largest absolute Gasteiger partial charge is 0.463 e. The number of benzene rings is 2. The van der Waals surface area contributed by atoms with E-state index >= 15 is 0 Å². The van der Waals surface area contributed by atoms with Crippen molar-refractivity contribution in [3.8, 4) is 17.6 Å². The third-order valence-corrected chi connectivity index (χ3v) is 3.45. The smallest absolute Gasteiger partial charge is 0.389 e. The maximum atomic E-state index is 11.9. The Morgan fingerprint density at radius 2 is 1.91 bits per heavy atom. The molecule has 0 spiro atoms. The highest BCUT2D eigenvalue weighted by atomic mass is 16.7. The van der Waals surface area contributed by atoms with E-state index in [1.165, 1.54) is 7.11 Å². The zero-order valence-electron chi connectivity index (χ0n) is 11.9. The molecule has 0 amide bonds. The van der Waals surface area contributed by atoms with Gasteiger partial charge in [-0.1, -0.05) is 24.3 Å². The Labute approximate surface area is 127 Å². The van der Waals surface area contributed by atoms with E-state index in [0.717, 1.165) is 11.1 Å². The maximum absolute atomic E-state index is 11.9. The summed E-state index contributed by atoms with van der Waals surface area (Å²) in [6, 6.07) is 14.6. The van der Waals surface area contributed by atoms with Crippen molar-refractivity contribution in [2.45, 2.75) is 12.7 Å². The second kappa shape index (κ2) is 5.78. The Bertz CT molecular complexity index is 763. The molecule has 1 unspecified atom stereocenters. The summed E-state index contributed by atoms with van der Waals surface area (Å²) in [6.45, 7) is 0. The van der Waals surface area contributed by atoms with Crippen molar-refractivity contribution < 1.29 is 19.0 Å². The second-order valence-corrected chi connectivity index (χ2v) is 4.77. The van der Waals surface area contributed by atoms with Crippen LogP contribution in [0.2, 0.25) is 0 Å². The van der Waals surface area contributed by atoms with Crippen LogP contribution in [0.25, 0.3) is 0 Å². The van der Waals surface area contributed by atoms with Gasteiger partial charge in [-0.2, -0.15) is 5.26 Å². The van der Waals surface area contributed by atoms with Crippen molar-refractivity contribution in [3.63, 3.8) is 0 Å². The number of esters is 1. The molecule has 5 nitrogen and oxygen atoms in total. The molecule has 5 heteroatoms. The van der Waals surface area contributed by atoms with E-state index in [2.05, 4.69) is 6.07 Å². The molecule has 0 bridgehead atoms. The van der Waals surface area contributed by atoms with Gasteiger partial charge in [0.25, 0.3) is 0 Å². The minimum atomic E-state index is -1.21. The molecule has 0 saturated heterocycles. The number of nitriles is 1. The molecular formula is C17H13NO4. The summed E-state index contributed by atoms with van der Waals surface area (Å²) in [5, 5.41) is 9.30. The molecule has 1 aliphatic rings. The number of nitrogens with zero attached hydrogens (tertiary/aromatic N) is 1. The van der Waals surface area contributed by atoms with Gasteiger partial charge in [-0.25, -0.2) is 4.79 Å². The Morgan fingerprint density at radius 3 is 2.68 bits per heavy atom. The Kier molecular flexibility index (Phi) is 3.67. The van der Waals surface area contributed by atoms with Gasteiger partial charge >= 0.3 is 12.3 Å². The fraction of sp³-hybridized carbons (Fsp3) is 0.176. The van der Waals surface area contributed by atoms with Crippen LogP contribution in [0.5, 0.6) is 11.5 Å². The van der Waals surface area contributed by atoms with Gasteiger partial charge in [0.1, 0.15) is 11.5 Å². The van der Waals surface area contributed by atoms with Crippen LogP contribution in [0, 0.1) is 11.3 Å². The summed E-state index contributed by atoms with van der Waals surface area (Å²) in [4.78, 5) is 11.9. The van der Waals surface area contributed by atoms with Crippen LogP contribution in [0.4, 0.5) is 0 Å². The van der Waals surface area contributed by atoms with Crippen LogP contribution in [0.15, 0.2) is 42.5 Å². The van der Waals surface area contributed by atoms with E-state index < -0.39 is 12.3 Å². The Hall–Kier alpha value is -3.00. The van der Waals surface area contributed by atoms with Crippen LogP contribution in [-0.2, 0) is 16.0 Å². The number of para-hydroxylation sites is 1. The Morgan fingerprint density at radius 1 is 1.18 bits per heavy atom. The predicted molar refractivity (Wildman–Crippen MR) is 77.5 cm³/mol. The first-order chi connectivity index (χ1) is 10.7. The number of rotatable bonds is 1. The molecule has 22 heavy (non-hydrogen) atoms. The Balaban J connectivity index is 2.15. The number of hydrogen-bond donors (Lipinski definition) is 0. The minimum Gasteiger partial charge on any atom is -0.463 e. The molecule has 1 atom stereocenters. The molecule has 0 aliphatic carbocycles. The highest BCUT2D eigenvalue weighted by molar-refractivity contribution is 5.74. The monoisotopic (exact) mass is 295 g/mol. The van der Waals surface area contributed by atoms with E-state index in [1.807, 2.05) is 18.2 Å². The van der Waals surface area contributed by atoms with Gasteiger partial charge in [0.05, 0.1) is 18.7 Å². The molecular weight excluding hydrogens is 282 g/mol. The minimum absolute atomic E-state index is 0.448. The van der Waals surface area contributed by atoms with Gasteiger partial charge in [0, 0.05) is 12.0 Å². The third-order valence-electron chi connectivity index (χ3n) is 3.45. The van der Waals surface area contributed by atoms with Gasteiger partial charge in [0.15, 0.2) is 0 Å². The summed E-state index contributed by atoms with van der Waals surface area (Å²) in [6.07, 6.45) is -0.720. The van der Waals surface area contributed by atoms with Crippen molar-refractivity contribution in [3.05, 3.63) is 59.2 Å². The van der Waals surface area contributed by atoms with Gasteiger partial charge < -0.3 is 14.2 Å². The van der Waals surface area contributed by atoms with Crippen molar-refractivity contribution in [2.75, 3.05) is 7.11 Å². The quantitative estimate of drug-likeness (QED) is 0.756. The predicted octanol–water partition coefficient (Wildman–Crippen LogP) is 2.42. The number of methoxy groups -OCH3 is 1. The standard InChI is InChI=1S/C17H13NO4/c1-20-16(19)17-21-14-7-3-2-5-11(14)9-13-12(10-18)6-4-8-15(13)22-17/h2-8,17H,9H2,1H3. The van der Waals surface area contributed by atoms with Gasteiger partial charge in [-0.05, 0) is 23.8 Å². The van der Waals surface area contributed by atoms with Crippen LogP contribution in [0.1, 0.15) is 16.7 Å². The van der Waals surface area contributed by atoms with Gasteiger partial charge in [-0.15, -0.1) is 0 Å². The highest BCUT2D eigenvalue weighted by Crippen LogP contribution is 2.32. The molecule has 3 rings (SSSR count). The molecule has 2 aromatic rings. The maximum Gasteiger partial charge on any atom is 0.389 e. The van der Waals surface area contributed by atoms with E-state index in [-0.39, 0.29) is 0 Å². The average molecular weight is 295 g/mol. The first kappa shape index (κ1) is 14.0. The van der Waals surface area contributed by atoms with Crippen LogP contribution in [0.3, 0.4) is 0 Å². The lowest BCUT2D eigenvalue weighted by molar-refractivity contribution is -0.162. The molecule has 0 aromatic heterocycles. The van der Waals surface area contributed by atoms with Crippen LogP contribution >= 0.6 is 0 Å². The summed E-state index contributed by atoms with van der Waals surface area (Å²) in [5.74, 6) is 0.352. The van der Waals surface area contributed by atoms with Crippen molar-refractivity contribution >= 4 is 5.97 Å². The summed E-state index contributed by atoms with van der Waals surface area (Å²) in [7, 11) is 1.27. The lowest BCUT2D eigenvalue weighted by Crippen LogP contribution is -2.35. The highest BCUT2D eigenvalue weighted by Gasteiger charge is 2.28. The zero-order valence-corrected chi connectivity index (χ0v) is 11.9. The normalized spacial score (nSPS) is 15.7. The fourth-order valence-corrected chi connectivity index (χ4v) is 2.37. The lowest BCUT2D eigenvalue weighted by Gasteiger charge is -2.24. The molecule has 0 fully saturated rings. The van der Waals surface area contributed by atoms with E-state index in [4.69, 9.17) is 14.2 Å². The molecule has 0 saturated carbocycles. The molecule has 0 N–H and O–H groups in total.